The van der Waals surface area contributed by atoms with Crippen LogP contribution in [0.15, 0.2) is 29.2 Å². The second-order valence-electron chi connectivity index (χ2n) is 7.18. The van der Waals surface area contributed by atoms with Crippen LogP contribution in [0, 0.1) is 0 Å². The van der Waals surface area contributed by atoms with Gasteiger partial charge in [0.25, 0.3) is 0 Å². The lowest BCUT2D eigenvalue weighted by atomic mass is 9.95. The van der Waals surface area contributed by atoms with Crippen molar-refractivity contribution in [2.75, 3.05) is 19.2 Å². The molecule has 1 aliphatic rings. The molecule has 0 fully saturated rings. The zero-order valence-corrected chi connectivity index (χ0v) is 16.2. The number of rotatable bonds is 4. The minimum atomic E-state index is -0.668. The van der Waals surface area contributed by atoms with E-state index in [2.05, 4.69) is 25.8 Å². The number of carbonyl (C=O) groups is 1. The lowest BCUT2D eigenvalue weighted by molar-refractivity contribution is 0.0598. The summed E-state index contributed by atoms with van der Waals surface area (Å²) in [4.78, 5) is 24.6. The fourth-order valence-electron chi connectivity index (χ4n) is 3.26. The molecule has 0 spiro atoms. The van der Waals surface area contributed by atoms with Crippen molar-refractivity contribution in [2.45, 2.75) is 39.3 Å². The summed E-state index contributed by atoms with van der Waals surface area (Å²) in [6, 6.07) is 4.80. The van der Waals surface area contributed by atoms with Crippen LogP contribution in [0.3, 0.4) is 0 Å². The lowest BCUT2D eigenvalue weighted by Crippen LogP contribution is -2.52. The van der Waals surface area contributed by atoms with Crippen molar-refractivity contribution in [1.29, 1.82) is 0 Å². The number of phenolic OH excluding ortho intramolecular Hbond substituents is 1. The van der Waals surface area contributed by atoms with Crippen LogP contribution in [0.25, 0.3) is 11.3 Å². The molecule has 1 aliphatic heterocycles. The standard InChI is InChI=1S/C20H24N2O5/c1-6-20(2,3)22-10-12-7-17(24)18(26-4)8-13(12)15-9-16(23)14(11-21(15)22)19(25)27-5/h7-9,11,24H,6,10H2,1-5H3. The van der Waals surface area contributed by atoms with Crippen molar-refractivity contribution in [2.24, 2.45) is 0 Å². The van der Waals surface area contributed by atoms with Gasteiger partial charge in [-0.05, 0) is 38.0 Å². The van der Waals surface area contributed by atoms with Gasteiger partial charge < -0.3 is 19.6 Å². The summed E-state index contributed by atoms with van der Waals surface area (Å²) in [6.45, 7) is 6.75. The Morgan fingerprint density at radius 3 is 2.56 bits per heavy atom. The maximum atomic E-state index is 12.5. The highest BCUT2D eigenvalue weighted by Gasteiger charge is 2.33. The molecule has 1 N–H and O–H groups in total. The molecular formula is C20H24N2O5. The predicted octanol–water partition coefficient (Wildman–Crippen LogP) is 2.66. The van der Waals surface area contributed by atoms with Crippen LogP contribution in [0.4, 0.5) is 0 Å². The van der Waals surface area contributed by atoms with Crippen LogP contribution < -0.4 is 15.2 Å². The summed E-state index contributed by atoms with van der Waals surface area (Å²) < 4.78 is 11.8. The molecule has 27 heavy (non-hydrogen) atoms. The number of aromatic hydroxyl groups is 1. The molecular weight excluding hydrogens is 348 g/mol. The Morgan fingerprint density at radius 1 is 1.26 bits per heavy atom. The van der Waals surface area contributed by atoms with Crippen molar-refractivity contribution in [3.8, 4) is 22.8 Å². The van der Waals surface area contributed by atoms with Gasteiger partial charge in [0.05, 0.1) is 32.0 Å². The maximum absolute atomic E-state index is 12.5. The number of ether oxygens (including phenoxy) is 2. The molecule has 7 nitrogen and oxygen atoms in total. The Morgan fingerprint density at radius 2 is 1.96 bits per heavy atom. The van der Waals surface area contributed by atoms with Crippen molar-refractivity contribution >= 4 is 5.97 Å². The largest absolute Gasteiger partial charge is 0.504 e. The Balaban J connectivity index is 2.32. The van der Waals surface area contributed by atoms with Crippen molar-refractivity contribution in [1.82, 2.24) is 4.68 Å². The quantitative estimate of drug-likeness (QED) is 0.831. The summed E-state index contributed by atoms with van der Waals surface area (Å²) in [6.07, 6.45) is 2.37. The fourth-order valence-corrected chi connectivity index (χ4v) is 3.26. The highest BCUT2D eigenvalue weighted by molar-refractivity contribution is 5.89. The number of methoxy groups -OCH3 is 2. The fraction of sp³-hybridized carbons (Fsp3) is 0.400. The van der Waals surface area contributed by atoms with Gasteiger partial charge in [-0.1, -0.05) is 6.92 Å². The lowest BCUT2D eigenvalue weighted by Gasteiger charge is -2.45. The van der Waals surface area contributed by atoms with Crippen LogP contribution >= 0.6 is 0 Å². The van der Waals surface area contributed by atoms with Gasteiger partial charge in [-0.25, -0.2) is 4.79 Å². The zero-order chi connectivity index (χ0) is 19.9. The third-order valence-electron chi connectivity index (χ3n) is 5.26. The number of aromatic nitrogens is 1. The molecule has 2 aromatic rings. The Labute approximate surface area is 157 Å². The number of benzene rings is 1. The first-order chi connectivity index (χ1) is 12.7. The third kappa shape index (κ3) is 3.03. The minimum absolute atomic E-state index is 0.0210. The number of nitrogens with zero attached hydrogens (tertiary/aromatic N) is 2. The van der Waals surface area contributed by atoms with Crippen molar-refractivity contribution in [3.63, 3.8) is 0 Å². The van der Waals surface area contributed by atoms with Gasteiger partial charge in [0.2, 0.25) is 0 Å². The van der Waals surface area contributed by atoms with E-state index >= 15 is 0 Å². The molecule has 0 bridgehead atoms. The van der Waals surface area contributed by atoms with E-state index in [0.717, 1.165) is 17.5 Å². The molecule has 0 saturated carbocycles. The molecule has 0 unspecified atom stereocenters. The molecule has 1 aromatic carbocycles. The van der Waals surface area contributed by atoms with E-state index < -0.39 is 11.4 Å². The molecule has 144 valence electrons. The van der Waals surface area contributed by atoms with Crippen LogP contribution in [-0.2, 0) is 11.3 Å². The van der Waals surface area contributed by atoms with Gasteiger partial charge in [0.15, 0.2) is 16.9 Å². The maximum Gasteiger partial charge on any atom is 0.343 e. The van der Waals surface area contributed by atoms with Crippen LogP contribution in [-0.4, -0.2) is 35.5 Å². The van der Waals surface area contributed by atoms with Gasteiger partial charge >= 0.3 is 5.97 Å². The predicted molar refractivity (Wildman–Crippen MR) is 102 cm³/mol. The van der Waals surface area contributed by atoms with E-state index in [0.29, 0.717) is 18.0 Å². The van der Waals surface area contributed by atoms with Crippen molar-refractivity contribution in [3.05, 3.63) is 45.7 Å². The number of hydrogen-bond donors (Lipinski definition) is 1. The highest BCUT2D eigenvalue weighted by atomic mass is 16.5. The van der Waals surface area contributed by atoms with E-state index in [1.807, 2.05) is 4.68 Å². The van der Waals surface area contributed by atoms with Crippen LogP contribution in [0.2, 0.25) is 0 Å². The van der Waals surface area contributed by atoms with E-state index in [1.54, 1.807) is 12.1 Å². The second kappa shape index (κ2) is 6.64. The van der Waals surface area contributed by atoms with E-state index in [9.17, 15) is 14.7 Å². The Kier molecular flexibility index (Phi) is 4.63. The van der Waals surface area contributed by atoms with Gasteiger partial charge in [-0.3, -0.25) is 9.47 Å². The summed E-state index contributed by atoms with van der Waals surface area (Å²) in [5.74, 6) is -0.292. The van der Waals surface area contributed by atoms with E-state index in [4.69, 9.17) is 9.47 Å². The molecule has 3 rings (SSSR count). The van der Waals surface area contributed by atoms with Crippen LogP contribution in [0.5, 0.6) is 11.5 Å². The van der Waals surface area contributed by atoms with Gasteiger partial charge in [-0.15, -0.1) is 0 Å². The van der Waals surface area contributed by atoms with E-state index in [1.165, 1.54) is 26.5 Å². The number of phenols is 1. The first kappa shape index (κ1) is 18.8. The van der Waals surface area contributed by atoms with Crippen molar-refractivity contribution < 1.29 is 19.4 Å². The summed E-state index contributed by atoms with van der Waals surface area (Å²) in [7, 11) is 2.73. The number of hydrogen-bond acceptors (Lipinski definition) is 6. The number of carbonyl (C=O) groups excluding carboxylic acids is 1. The highest BCUT2D eigenvalue weighted by Crippen LogP contribution is 2.39. The summed E-state index contributed by atoms with van der Waals surface area (Å²) in [5.41, 5.74) is 1.59. The number of fused-ring (bicyclic) bond motifs is 3. The Bertz CT molecular complexity index is 962. The molecule has 0 radical (unpaired) electrons. The smallest absolute Gasteiger partial charge is 0.343 e. The SMILES string of the molecule is CCC(C)(C)N1Cc2cc(O)c(OC)cc2-c2cc(=O)c(C(=O)OC)cn21. The number of esters is 1. The molecule has 0 aliphatic carbocycles. The Hall–Kier alpha value is -2.96. The first-order valence-corrected chi connectivity index (χ1v) is 8.76. The average molecular weight is 372 g/mol. The van der Waals surface area contributed by atoms with E-state index in [-0.39, 0.29) is 16.9 Å². The topological polar surface area (TPSA) is 81.0 Å². The first-order valence-electron chi connectivity index (χ1n) is 8.76. The summed E-state index contributed by atoms with van der Waals surface area (Å²) in [5, 5.41) is 12.3. The second-order valence-corrected chi connectivity index (χ2v) is 7.18. The molecule has 0 amide bonds. The van der Waals surface area contributed by atoms with Gasteiger partial charge in [0, 0.05) is 17.8 Å². The number of pyridine rings is 1. The minimum Gasteiger partial charge on any atom is -0.504 e. The molecule has 0 saturated heterocycles. The van der Waals surface area contributed by atoms with Crippen LogP contribution in [0.1, 0.15) is 43.1 Å². The third-order valence-corrected chi connectivity index (χ3v) is 5.26. The average Bonchev–Trinajstić information content (AvgIpc) is 2.65. The van der Waals surface area contributed by atoms with Gasteiger partial charge in [0.1, 0.15) is 5.56 Å². The molecule has 7 heteroatoms. The normalized spacial score (nSPS) is 13.0. The summed E-state index contributed by atoms with van der Waals surface area (Å²) >= 11 is 0. The molecule has 0 atom stereocenters. The monoisotopic (exact) mass is 372 g/mol. The molecule has 1 aromatic heterocycles. The van der Waals surface area contributed by atoms with Gasteiger partial charge in [-0.2, -0.15) is 0 Å². The molecule has 2 heterocycles. The zero-order valence-electron chi connectivity index (χ0n) is 16.2.